The molecule has 1 fully saturated rings. The maximum atomic E-state index is 11.9. The summed E-state index contributed by atoms with van der Waals surface area (Å²) in [6.07, 6.45) is 7.41. The first kappa shape index (κ1) is 12.5. The molecule has 3 nitrogen and oxygen atoms in total. The summed E-state index contributed by atoms with van der Waals surface area (Å²) in [4.78, 5) is 13.7. The van der Waals surface area contributed by atoms with Crippen LogP contribution in [0, 0.1) is 0 Å². The van der Waals surface area contributed by atoms with Gasteiger partial charge in [-0.1, -0.05) is 19.8 Å². The zero-order valence-electron chi connectivity index (χ0n) is 9.74. The van der Waals surface area contributed by atoms with Crippen molar-refractivity contribution in [1.82, 2.24) is 4.90 Å². The fourth-order valence-corrected chi connectivity index (χ4v) is 1.99. The van der Waals surface area contributed by atoms with E-state index < -0.39 is 0 Å². The minimum atomic E-state index is 0.0933. The van der Waals surface area contributed by atoms with Crippen molar-refractivity contribution in [1.29, 1.82) is 0 Å². The first-order valence-corrected chi connectivity index (χ1v) is 6.20. The Kier molecular flexibility index (Phi) is 5.69. The minimum Gasteiger partial charge on any atom is -0.395 e. The minimum absolute atomic E-state index is 0.0933. The summed E-state index contributed by atoms with van der Waals surface area (Å²) in [5.41, 5.74) is 0. The number of rotatable bonds is 7. The topological polar surface area (TPSA) is 40.5 Å². The molecule has 0 aromatic carbocycles. The van der Waals surface area contributed by atoms with Gasteiger partial charge < -0.3 is 10.0 Å². The zero-order chi connectivity index (χ0) is 11.1. The second-order valence-electron chi connectivity index (χ2n) is 4.35. The fourth-order valence-electron chi connectivity index (χ4n) is 1.99. The van der Waals surface area contributed by atoms with Crippen LogP contribution in [-0.2, 0) is 4.79 Å². The molecule has 1 aliphatic carbocycles. The van der Waals surface area contributed by atoms with Crippen LogP contribution in [0.2, 0.25) is 0 Å². The number of aliphatic hydroxyl groups excluding tert-OH is 1. The summed E-state index contributed by atoms with van der Waals surface area (Å²) < 4.78 is 0. The van der Waals surface area contributed by atoms with Crippen LogP contribution in [0.1, 0.15) is 51.9 Å². The number of hydrogen-bond acceptors (Lipinski definition) is 2. The normalized spacial score (nSPS) is 16.1. The van der Waals surface area contributed by atoms with Gasteiger partial charge in [0.15, 0.2) is 0 Å². The molecular formula is C12H23NO2. The molecule has 0 aliphatic heterocycles. The van der Waals surface area contributed by atoms with Gasteiger partial charge >= 0.3 is 0 Å². The third-order valence-corrected chi connectivity index (χ3v) is 3.17. The Labute approximate surface area is 92.5 Å². The highest BCUT2D eigenvalue weighted by Crippen LogP contribution is 2.25. The molecule has 1 rings (SSSR count). The van der Waals surface area contributed by atoms with E-state index >= 15 is 0 Å². The summed E-state index contributed by atoms with van der Waals surface area (Å²) >= 11 is 0. The van der Waals surface area contributed by atoms with E-state index in [0.29, 0.717) is 19.0 Å². The Morgan fingerprint density at radius 3 is 2.60 bits per heavy atom. The van der Waals surface area contributed by atoms with Crippen LogP contribution in [-0.4, -0.2) is 35.1 Å². The molecule has 15 heavy (non-hydrogen) atoms. The summed E-state index contributed by atoms with van der Waals surface area (Å²) in [6.45, 7) is 2.76. The van der Waals surface area contributed by atoms with E-state index in [0.717, 1.165) is 32.1 Å². The lowest BCUT2D eigenvalue weighted by molar-refractivity contribution is -0.136. The second kappa shape index (κ2) is 6.83. The molecule has 0 spiro atoms. The monoisotopic (exact) mass is 213 g/mol. The Balaban J connectivity index is 2.29. The van der Waals surface area contributed by atoms with Crippen LogP contribution in [0.15, 0.2) is 0 Å². The van der Waals surface area contributed by atoms with Gasteiger partial charge in [0.05, 0.1) is 6.61 Å². The summed E-state index contributed by atoms with van der Waals surface area (Å²) in [6, 6.07) is 0.422. The highest BCUT2D eigenvalue weighted by Gasteiger charge is 2.27. The molecule has 3 heteroatoms. The molecule has 0 bridgehead atoms. The van der Waals surface area contributed by atoms with Gasteiger partial charge in [0.25, 0.3) is 0 Å². The second-order valence-corrected chi connectivity index (χ2v) is 4.35. The molecule has 0 unspecified atom stereocenters. The van der Waals surface area contributed by atoms with Crippen molar-refractivity contribution >= 4 is 5.91 Å². The summed E-state index contributed by atoms with van der Waals surface area (Å²) in [5, 5.41) is 8.93. The van der Waals surface area contributed by atoms with Gasteiger partial charge in [-0.25, -0.2) is 0 Å². The van der Waals surface area contributed by atoms with Crippen LogP contribution < -0.4 is 0 Å². The largest absolute Gasteiger partial charge is 0.395 e. The van der Waals surface area contributed by atoms with Gasteiger partial charge in [0.1, 0.15) is 0 Å². The van der Waals surface area contributed by atoms with Crippen molar-refractivity contribution in [3.63, 3.8) is 0 Å². The summed E-state index contributed by atoms with van der Waals surface area (Å²) in [5.74, 6) is 0.238. The van der Waals surface area contributed by atoms with E-state index in [1.165, 1.54) is 6.42 Å². The van der Waals surface area contributed by atoms with Crippen LogP contribution >= 0.6 is 0 Å². The zero-order valence-corrected chi connectivity index (χ0v) is 9.74. The van der Waals surface area contributed by atoms with Crippen LogP contribution in [0.5, 0.6) is 0 Å². The predicted octanol–water partition coefficient (Wildman–Crippen LogP) is 1.94. The molecule has 0 radical (unpaired) electrons. The Morgan fingerprint density at radius 2 is 2.13 bits per heavy atom. The SMILES string of the molecule is CCCCCC(=O)N(CCO)C1CCC1. The quantitative estimate of drug-likeness (QED) is 0.657. The van der Waals surface area contributed by atoms with E-state index in [2.05, 4.69) is 6.92 Å². The smallest absolute Gasteiger partial charge is 0.222 e. The van der Waals surface area contributed by atoms with Gasteiger partial charge in [0.2, 0.25) is 5.91 Å². The van der Waals surface area contributed by atoms with E-state index in [4.69, 9.17) is 5.11 Å². The van der Waals surface area contributed by atoms with Gasteiger partial charge in [-0.2, -0.15) is 0 Å². The number of nitrogens with zero attached hydrogens (tertiary/aromatic N) is 1. The lowest BCUT2D eigenvalue weighted by atomic mass is 9.91. The van der Waals surface area contributed by atoms with Crippen molar-refractivity contribution in [3.8, 4) is 0 Å². The van der Waals surface area contributed by atoms with Crippen molar-refractivity contribution in [2.24, 2.45) is 0 Å². The van der Waals surface area contributed by atoms with Crippen LogP contribution in [0.4, 0.5) is 0 Å². The molecule has 0 heterocycles. The molecule has 0 aromatic rings. The number of aliphatic hydroxyl groups is 1. The van der Waals surface area contributed by atoms with Gasteiger partial charge in [-0.3, -0.25) is 4.79 Å². The van der Waals surface area contributed by atoms with Gasteiger partial charge in [0, 0.05) is 19.0 Å². The fraction of sp³-hybridized carbons (Fsp3) is 0.917. The van der Waals surface area contributed by atoms with Crippen molar-refractivity contribution in [3.05, 3.63) is 0 Å². The maximum absolute atomic E-state index is 11.9. The lowest BCUT2D eigenvalue weighted by Crippen LogP contribution is -2.45. The number of amides is 1. The van der Waals surface area contributed by atoms with E-state index in [-0.39, 0.29) is 12.5 Å². The average molecular weight is 213 g/mol. The number of carbonyl (C=O) groups is 1. The van der Waals surface area contributed by atoms with E-state index in [1.807, 2.05) is 4.90 Å². The molecule has 1 saturated carbocycles. The molecular weight excluding hydrogens is 190 g/mol. The van der Waals surface area contributed by atoms with Gasteiger partial charge in [-0.15, -0.1) is 0 Å². The van der Waals surface area contributed by atoms with Crippen molar-refractivity contribution < 1.29 is 9.90 Å². The van der Waals surface area contributed by atoms with E-state index in [1.54, 1.807) is 0 Å². The van der Waals surface area contributed by atoms with Crippen molar-refractivity contribution in [2.75, 3.05) is 13.2 Å². The van der Waals surface area contributed by atoms with Crippen molar-refractivity contribution in [2.45, 2.75) is 57.9 Å². The Bertz CT molecular complexity index is 190. The standard InChI is InChI=1S/C12H23NO2/c1-2-3-4-8-12(15)13(9-10-14)11-6-5-7-11/h11,14H,2-10H2,1H3. The van der Waals surface area contributed by atoms with Crippen LogP contribution in [0.25, 0.3) is 0 Å². The predicted molar refractivity (Wildman–Crippen MR) is 60.6 cm³/mol. The highest BCUT2D eigenvalue weighted by molar-refractivity contribution is 5.76. The Morgan fingerprint density at radius 1 is 1.40 bits per heavy atom. The highest BCUT2D eigenvalue weighted by atomic mass is 16.3. The first-order chi connectivity index (χ1) is 7.29. The summed E-state index contributed by atoms with van der Waals surface area (Å²) in [7, 11) is 0. The molecule has 88 valence electrons. The molecule has 0 aromatic heterocycles. The number of hydrogen-bond donors (Lipinski definition) is 1. The average Bonchev–Trinajstić information content (AvgIpc) is 2.14. The Hall–Kier alpha value is -0.570. The molecule has 1 aliphatic rings. The third kappa shape index (κ3) is 3.82. The van der Waals surface area contributed by atoms with Crippen LogP contribution in [0.3, 0.4) is 0 Å². The van der Waals surface area contributed by atoms with E-state index in [9.17, 15) is 4.79 Å². The van der Waals surface area contributed by atoms with Gasteiger partial charge in [-0.05, 0) is 25.7 Å². The molecule has 1 N–H and O–H groups in total. The number of carbonyl (C=O) groups excluding carboxylic acids is 1. The molecule has 0 atom stereocenters. The first-order valence-electron chi connectivity index (χ1n) is 6.20. The maximum Gasteiger partial charge on any atom is 0.222 e. The molecule has 1 amide bonds. The lowest BCUT2D eigenvalue weighted by Gasteiger charge is -2.37. The third-order valence-electron chi connectivity index (χ3n) is 3.17. The molecule has 0 saturated heterocycles. The number of unbranched alkanes of at least 4 members (excludes halogenated alkanes) is 2.